The second kappa shape index (κ2) is 6.80. The highest BCUT2D eigenvalue weighted by Gasteiger charge is 2.16. The highest BCUT2D eigenvalue weighted by molar-refractivity contribution is 5.18. The van der Waals surface area contributed by atoms with E-state index in [1.165, 1.54) is 69.3 Å². The fourth-order valence-electron chi connectivity index (χ4n) is 2.58. The Kier molecular flexibility index (Phi) is 5.05. The third kappa shape index (κ3) is 3.84. The number of H-pyrrole nitrogens is 1. The molecule has 0 aromatic carbocycles. The quantitative estimate of drug-likeness (QED) is 0.736. The number of nitrogens with zero attached hydrogens (tertiary/aromatic N) is 2. The molecule has 0 aliphatic carbocycles. The van der Waals surface area contributed by atoms with Crippen molar-refractivity contribution in [3.8, 4) is 0 Å². The molecule has 0 fully saturated rings. The summed E-state index contributed by atoms with van der Waals surface area (Å²) < 4.78 is 0. The molecule has 0 spiro atoms. The standard InChI is InChI=1S/C14H25N3/c1-2-3-4-5-6-7-9-17-10-8-13-11-15-16-14(13)12-17/h11H,2-10,12H2,1H3,(H,15,16). The van der Waals surface area contributed by atoms with Crippen LogP contribution < -0.4 is 0 Å². The van der Waals surface area contributed by atoms with E-state index in [1.54, 1.807) is 0 Å². The molecule has 17 heavy (non-hydrogen) atoms. The molecule has 1 N–H and O–H groups in total. The van der Waals surface area contributed by atoms with Crippen LogP contribution in [0.5, 0.6) is 0 Å². The van der Waals surface area contributed by atoms with Gasteiger partial charge in [0.25, 0.3) is 0 Å². The van der Waals surface area contributed by atoms with Crippen LogP contribution in [0.25, 0.3) is 0 Å². The first kappa shape index (κ1) is 12.6. The summed E-state index contributed by atoms with van der Waals surface area (Å²) in [6.07, 6.45) is 11.5. The van der Waals surface area contributed by atoms with Gasteiger partial charge in [-0.05, 0) is 24.9 Å². The van der Waals surface area contributed by atoms with Crippen molar-refractivity contribution < 1.29 is 0 Å². The molecular formula is C14H25N3. The Morgan fingerprint density at radius 2 is 2.06 bits per heavy atom. The largest absolute Gasteiger partial charge is 0.297 e. The van der Waals surface area contributed by atoms with Gasteiger partial charge in [0.05, 0.1) is 11.9 Å². The van der Waals surface area contributed by atoms with Crippen molar-refractivity contribution in [3.05, 3.63) is 17.5 Å². The minimum absolute atomic E-state index is 1.07. The third-order valence-electron chi connectivity index (χ3n) is 3.71. The van der Waals surface area contributed by atoms with Crippen molar-refractivity contribution in [2.75, 3.05) is 13.1 Å². The fourth-order valence-corrected chi connectivity index (χ4v) is 2.58. The molecule has 0 amide bonds. The van der Waals surface area contributed by atoms with Gasteiger partial charge in [0.15, 0.2) is 0 Å². The predicted octanol–water partition coefficient (Wildman–Crippen LogP) is 3.13. The summed E-state index contributed by atoms with van der Waals surface area (Å²) in [4.78, 5) is 2.56. The van der Waals surface area contributed by atoms with Gasteiger partial charge >= 0.3 is 0 Å². The molecule has 1 aliphatic heterocycles. The van der Waals surface area contributed by atoms with Gasteiger partial charge in [0, 0.05) is 13.1 Å². The Hall–Kier alpha value is -0.830. The van der Waals surface area contributed by atoms with E-state index in [-0.39, 0.29) is 0 Å². The van der Waals surface area contributed by atoms with E-state index in [1.807, 2.05) is 6.20 Å². The normalized spacial score (nSPS) is 16.1. The molecule has 3 nitrogen and oxygen atoms in total. The minimum Gasteiger partial charge on any atom is -0.297 e. The van der Waals surface area contributed by atoms with Crippen molar-refractivity contribution >= 4 is 0 Å². The Bertz CT molecular complexity index is 319. The van der Waals surface area contributed by atoms with Gasteiger partial charge in [0.2, 0.25) is 0 Å². The first-order chi connectivity index (χ1) is 8.40. The van der Waals surface area contributed by atoms with Gasteiger partial charge in [-0.25, -0.2) is 0 Å². The number of fused-ring (bicyclic) bond motifs is 1. The van der Waals surface area contributed by atoms with Crippen molar-refractivity contribution in [1.82, 2.24) is 15.1 Å². The summed E-state index contributed by atoms with van der Waals surface area (Å²) >= 11 is 0. The summed E-state index contributed by atoms with van der Waals surface area (Å²) in [6, 6.07) is 0. The lowest BCUT2D eigenvalue weighted by Gasteiger charge is -2.26. The lowest BCUT2D eigenvalue weighted by molar-refractivity contribution is 0.245. The Morgan fingerprint density at radius 1 is 1.24 bits per heavy atom. The van der Waals surface area contributed by atoms with Crippen LogP contribution in [0.15, 0.2) is 6.20 Å². The van der Waals surface area contributed by atoms with Crippen LogP contribution >= 0.6 is 0 Å². The van der Waals surface area contributed by atoms with Crippen molar-refractivity contribution in [2.24, 2.45) is 0 Å². The van der Waals surface area contributed by atoms with E-state index in [0.717, 1.165) is 6.54 Å². The highest BCUT2D eigenvalue weighted by atomic mass is 15.2. The number of unbranched alkanes of at least 4 members (excludes halogenated alkanes) is 5. The van der Waals surface area contributed by atoms with E-state index in [0.29, 0.717) is 0 Å². The molecule has 2 rings (SSSR count). The molecule has 3 heteroatoms. The number of nitrogens with one attached hydrogen (secondary N) is 1. The molecule has 96 valence electrons. The molecule has 0 bridgehead atoms. The van der Waals surface area contributed by atoms with Crippen LogP contribution in [0.4, 0.5) is 0 Å². The number of hydrogen-bond donors (Lipinski definition) is 1. The summed E-state index contributed by atoms with van der Waals surface area (Å²) in [5, 5.41) is 7.23. The molecular weight excluding hydrogens is 210 g/mol. The van der Waals surface area contributed by atoms with Crippen LogP contribution in [0.3, 0.4) is 0 Å². The van der Waals surface area contributed by atoms with Crippen LogP contribution in [0, 0.1) is 0 Å². The maximum Gasteiger partial charge on any atom is 0.0524 e. The van der Waals surface area contributed by atoms with Gasteiger partial charge in [0.1, 0.15) is 0 Å². The van der Waals surface area contributed by atoms with Crippen molar-refractivity contribution in [3.63, 3.8) is 0 Å². The number of rotatable bonds is 7. The Balaban J connectivity index is 1.59. The topological polar surface area (TPSA) is 31.9 Å². The Morgan fingerprint density at radius 3 is 2.94 bits per heavy atom. The van der Waals surface area contributed by atoms with Crippen LogP contribution in [-0.4, -0.2) is 28.2 Å². The van der Waals surface area contributed by atoms with Gasteiger partial charge in [-0.3, -0.25) is 10.00 Å². The van der Waals surface area contributed by atoms with Gasteiger partial charge in [-0.1, -0.05) is 39.0 Å². The molecule has 0 saturated heterocycles. The third-order valence-corrected chi connectivity index (χ3v) is 3.71. The molecule has 0 saturated carbocycles. The second-order valence-corrected chi connectivity index (χ2v) is 5.17. The van der Waals surface area contributed by atoms with Gasteiger partial charge in [-0.15, -0.1) is 0 Å². The van der Waals surface area contributed by atoms with Gasteiger partial charge < -0.3 is 0 Å². The molecule has 2 heterocycles. The second-order valence-electron chi connectivity index (χ2n) is 5.17. The maximum atomic E-state index is 4.12. The Labute approximate surface area is 105 Å². The summed E-state index contributed by atoms with van der Waals surface area (Å²) in [5.74, 6) is 0. The van der Waals surface area contributed by atoms with Crippen LogP contribution in [-0.2, 0) is 13.0 Å². The van der Waals surface area contributed by atoms with E-state index in [9.17, 15) is 0 Å². The molecule has 1 aromatic rings. The lowest BCUT2D eigenvalue weighted by atomic mass is 10.1. The SMILES string of the molecule is CCCCCCCCN1CCc2cn[nH]c2C1. The van der Waals surface area contributed by atoms with Crippen LogP contribution in [0.1, 0.15) is 56.7 Å². The van der Waals surface area contributed by atoms with Crippen molar-refractivity contribution in [2.45, 2.75) is 58.4 Å². The smallest absolute Gasteiger partial charge is 0.0524 e. The van der Waals surface area contributed by atoms with E-state index < -0.39 is 0 Å². The molecule has 1 aliphatic rings. The molecule has 0 atom stereocenters. The number of aromatic amines is 1. The zero-order valence-electron chi connectivity index (χ0n) is 11.0. The highest BCUT2D eigenvalue weighted by Crippen LogP contribution is 2.16. The average Bonchev–Trinajstić information content (AvgIpc) is 2.81. The lowest BCUT2D eigenvalue weighted by Crippen LogP contribution is -2.31. The number of hydrogen-bond acceptors (Lipinski definition) is 2. The summed E-state index contributed by atoms with van der Waals surface area (Å²) in [5.41, 5.74) is 2.76. The zero-order chi connectivity index (χ0) is 11.9. The van der Waals surface area contributed by atoms with E-state index in [2.05, 4.69) is 22.0 Å². The zero-order valence-corrected chi connectivity index (χ0v) is 11.0. The maximum absolute atomic E-state index is 4.12. The first-order valence-electron chi connectivity index (χ1n) is 7.13. The van der Waals surface area contributed by atoms with E-state index >= 15 is 0 Å². The molecule has 0 unspecified atom stereocenters. The monoisotopic (exact) mass is 235 g/mol. The summed E-state index contributed by atoms with van der Waals surface area (Å²) in [7, 11) is 0. The average molecular weight is 235 g/mol. The van der Waals surface area contributed by atoms with Crippen molar-refractivity contribution in [1.29, 1.82) is 0 Å². The van der Waals surface area contributed by atoms with Gasteiger partial charge in [-0.2, -0.15) is 5.10 Å². The first-order valence-corrected chi connectivity index (χ1v) is 7.13. The molecule has 0 radical (unpaired) electrons. The van der Waals surface area contributed by atoms with E-state index in [4.69, 9.17) is 0 Å². The minimum atomic E-state index is 1.07. The van der Waals surface area contributed by atoms with Crippen LogP contribution in [0.2, 0.25) is 0 Å². The molecule has 1 aromatic heterocycles. The number of aromatic nitrogens is 2. The predicted molar refractivity (Wildman–Crippen MR) is 70.9 cm³/mol. The summed E-state index contributed by atoms with van der Waals surface area (Å²) in [6.45, 7) is 5.81. The fraction of sp³-hybridized carbons (Fsp3) is 0.786.